The molecule has 2 rings (SSSR count). The first kappa shape index (κ1) is 13.6. The molecule has 1 saturated heterocycles. The van der Waals surface area contributed by atoms with E-state index in [0.717, 1.165) is 5.82 Å². The number of likely N-dealkylation sites (tertiary alicyclic amines) is 1. The van der Waals surface area contributed by atoms with Crippen LogP contribution in [0.15, 0.2) is 6.07 Å². The molecule has 4 nitrogen and oxygen atoms in total. The molecular formula is C13H21ClN4. The van der Waals surface area contributed by atoms with E-state index in [1.165, 1.54) is 38.9 Å². The number of hydrogen-bond donors (Lipinski definition) is 1. The molecule has 5 heteroatoms. The van der Waals surface area contributed by atoms with Crippen LogP contribution in [0.2, 0.25) is 5.15 Å². The topological polar surface area (TPSA) is 41.0 Å². The van der Waals surface area contributed by atoms with Gasteiger partial charge in [-0.05, 0) is 32.7 Å². The van der Waals surface area contributed by atoms with Crippen molar-refractivity contribution in [3.8, 4) is 0 Å². The number of halogens is 1. The van der Waals surface area contributed by atoms with Gasteiger partial charge in [-0.1, -0.05) is 18.5 Å². The van der Waals surface area contributed by atoms with Crippen molar-refractivity contribution in [3.63, 3.8) is 0 Å². The molecule has 0 saturated carbocycles. The minimum atomic E-state index is 0.503. The minimum absolute atomic E-state index is 0.503. The van der Waals surface area contributed by atoms with E-state index < -0.39 is 0 Å². The molecule has 0 atom stereocenters. The Hall–Kier alpha value is -0.870. The second-order valence-electron chi connectivity index (χ2n) is 4.88. The van der Waals surface area contributed by atoms with Crippen molar-refractivity contribution in [1.82, 2.24) is 14.9 Å². The molecule has 0 unspecified atom stereocenters. The van der Waals surface area contributed by atoms with Crippen molar-refractivity contribution in [1.29, 1.82) is 0 Å². The summed E-state index contributed by atoms with van der Waals surface area (Å²) in [6.07, 6.45) is 3.57. The van der Waals surface area contributed by atoms with Crippen molar-refractivity contribution < 1.29 is 0 Å². The third kappa shape index (κ3) is 3.82. The third-order valence-electron chi connectivity index (χ3n) is 3.29. The molecule has 1 aliphatic heterocycles. The minimum Gasteiger partial charge on any atom is -0.367 e. The average Bonchev–Trinajstić information content (AvgIpc) is 2.31. The van der Waals surface area contributed by atoms with Gasteiger partial charge in [0.15, 0.2) is 0 Å². The van der Waals surface area contributed by atoms with Crippen LogP contribution in [0.3, 0.4) is 0 Å². The van der Waals surface area contributed by atoms with Crippen molar-refractivity contribution in [2.45, 2.75) is 39.2 Å². The van der Waals surface area contributed by atoms with Gasteiger partial charge in [-0.25, -0.2) is 9.97 Å². The number of anilines is 1. The zero-order chi connectivity index (χ0) is 13.0. The van der Waals surface area contributed by atoms with Gasteiger partial charge < -0.3 is 10.2 Å². The molecule has 0 aromatic carbocycles. The number of piperidine rings is 1. The quantitative estimate of drug-likeness (QED) is 0.853. The first-order valence-electron chi connectivity index (χ1n) is 6.67. The van der Waals surface area contributed by atoms with Gasteiger partial charge in [0.1, 0.15) is 16.8 Å². The summed E-state index contributed by atoms with van der Waals surface area (Å²) in [4.78, 5) is 11.0. The Morgan fingerprint density at radius 3 is 2.72 bits per heavy atom. The molecule has 1 aliphatic rings. The predicted octanol–water partition coefficient (Wildman–Crippen LogP) is 2.72. The Morgan fingerprint density at radius 2 is 2.11 bits per heavy atom. The van der Waals surface area contributed by atoms with Crippen LogP contribution in [0.4, 0.5) is 5.82 Å². The monoisotopic (exact) mass is 268 g/mol. The number of nitrogens with one attached hydrogen (secondary N) is 1. The lowest BCUT2D eigenvalue weighted by atomic mass is 10.0. The van der Waals surface area contributed by atoms with Crippen LogP contribution in [0, 0.1) is 6.92 Å². The molecule has 1 fully saturated rings. The molecule has 100 valence electrons. The molecule has 1 aromatic heterocycles. The maximum absolute atomic E-state index is 5.93. The van der Waals surface area contributed by atoms with E-state index in [1.54, 1.807) is 6.07 Å². The molecule has 0 aliphatic carbocycles. The summed E-state index contributed by atoms with van der Waals surface area (Å²) in [5.41, 5.74) is 0. The van der Waals surface area contributed by atoms with E-state index in [0.29, 0.717) is 17.0 Å². The molecule has 0 amide bonds. The predicted molar refractivity (Wildman–Crippen MR) is 75.2 cm³/mol. The maximum Gasteiger partial charge on any atom is 0.134 e. The second-order valence-corrected chi connectivity index (χ2v) is 5.27. The van der Waals surface area contributed by atoms with Crippen LogP contribution in [0.1, 0.15) is 32.0 Å². The number of nitrogens with zero attached hydrogens (tertiary/aromatic N) is 3. The summed E-state index contributed by atoms with van der Waals surface area (Å²) in [6, 6.07) is 2.30. The summed E-state index contributed by atoms with van der Waals surface area (Å²) < 4.78 is 0. The summed E-state index contributed by atoms with van der Waals surface area (Å²) in [5, 5.41) is 3.97. The highest BCUT2D eigenvalue weighted by Crippen LogP contribution is 2.17. The Balaban J connectivity index is 1.87. The fourth-order valence-corrected chi connectivity index (χ4v) is 2.66. The lowest BCUT2D eigenvalue weighted by molar-refractivity contribution is 0.219. The van der Waals surface area contributed by atoms with Gasteiger partial charge in [0, 0.05) is 25.2 Å². The first-order valence-corrected chi connectivity index (χ1v) is 7.05. The molecule has 0 spiro atoms. The van der Waals surface area contributed by atoms with Gasteiger partial charge in [-0.15, -0.1) is 0 Å². The number of rotatable bonds is 4. The van der Waals surface area contributed by atoms with Gasteiger partial charge in [0.25, 0.3) is 0 Å². The van der Waals surface area contributed by atoms with Gasteiger partial charge >= 0.3 is 0 Å². The average molecular weight is 269 g/mol. The van der Waals surface area contributed by atoms with Gasteiger partial charge in [0.05, 0.1) is 0 Å². The Labute approximate surface area is 114 Å². The number of aryl methyl sites for hydroxylation is 1. The van der Waals surface area contributed by atoms with Crippen LogP contribution in [-0.4, -0.2) is 40.5 Å². The standard InChI is InChI=1S/C13H21ClN4/c1-3-6-18-7-4-11(5-8-18)17-13-9-12(14)15-10(2)16-13/h9,11H,3-8H2,1-2H3,(H,15,16,17). The zero-order valence-electron chi connectivity index (χ0n) is 11.1. The van der Waals surface area contributed by atoms with E-state index >= 15 is 0 Å². The fraction of sp³-hybridized carbons (Fsp3) is 0.692. The molecule has 2 heterocycles. The fourth-order valence-electron chi connectivity index (χ4n) is 2.43. The third-order valence-corrected chi connectivity index (χ3v) is 3.48. The van der Waals surface area contributed by atoms with Crippen molar-refractivity contribution >= 4 is 17.4 Å². The number of aromatic nitrogens is 2. The molecule has 1 aromatic rings. The Bertz CT molecular complexity index is 368. The summed E-state index contributed by atoms with van der Waals surface area (Å²) in [5.74, 6) is 1.56. The van der Waals surface area contributed by atoms with E-state index in [9.17, 15) is 0 Å². The SMILES string of the molecule is CCCN1CCC(Nc2cc(Cl)nc(C)n2)CC1. The largest absolute Gasteiger partial charge is 0.367 e. The molecular weight excluding hydrogens is 248 g/mol. The zero-order valence-corrected chi connectivity index (χ0v) is 11.9. The highest BCUT2D eigenvalue weighted by atomic mass is 35.5. The molecule has 0 bridgehead atoms. The van der Waals surface area contributed by atoms with E-state index in [1.807, 2.05) is 6.92 Å². The molecule has 0 radical (unpaired) electrons. The second kappa shape index (κ2) is 6.34. The molecule has 18 heavy (non-hydrogen) atoms. The Kier molecular flexibility index (Phi) is 4.78. The first-order chi connectivity index (χ1) is 8.67. The number of hydrogen-bond acceptors (Lipinski definition) is 4. The van der Waals surface area contributed by atoms with Crippen LogP contribution < -0.4 is 5.32 Å². The molecule has 1 N–H and O–H groups in total. The summed E-state index contributed by atoms with van der Waals surface area (Å²) in [7, 11) is 0. The van der Waals surface area contributed by atoms with Crippen LogP contribution >= 0.6 is 11.6 Å². The van der Waals surface area contributed by atoms with E-state index in [-0.39, 0.29) is 0 Å². The lowest BCUT2D eigenvalue weighted by Crippen LogP contribution is -2.39. The lowest BCUT2D eigenvalue weighted by Gasteiger charge is -2.32. The van der Waals surface area contributed by atoms with E-state index in [4.69, 9.17) is 11.6 Å². The van der Waals surface area contributed by atoms with Gasteiger partial charge in [-0.3, -0.25) is 0 Å². The van der Waals surface area contributed by atoms with Gasteiger partial charge in [0.2, 0.25) is 0 Å². The summed E-state index contributed by atoms with van der Waals surface area (Å²) >= 11 is 5.93. The van der Waals surface area contributed by atoms with Crippen LogP contribution in [0.25, 0.3) is 0 Å². The highest BCUT2D eigenvalue weighted by molar-refractivity contribution is 6.29. The Morgan fingerprint density at radius 1 is 1.39 bits per heavy atom. The van der Waals surface area contributed by atoms with Crippen molar-refractivity contribution in [2.75, 3.05) is 25.0 Å². The maximum atomic E-state index is 5.93. The normalized spacial score (nSPS) is 17.9. The van der Waals surface area contributed by atoms with E-state index in [2.05, 4.69) is 27.1 Å². The van der Waals surface area contributed by atoms with Crippen LogP contribution in [-0.2, 0) is 0 Å². The van der Waals surface area contributed by atoms with Gasteiger partial charge in [-0.2, -0.15) is 0 Å². The summed E-state index contributed by atoms with van der Waals surface area (Å²) in [6.45, 7) is 7.65. The van der Waals surface area contributed by atoms with Crippen molar-refractivity contribution in [3.05, 3.63) is 17.0 Å². The van der Waals surface area contributed by atoms with Crippen LogP contribution in [0.5, 0.6) is 0 Å². The smallest absolute Gasteiger partial charge is 0.134 e. The highest BCUT2D eigenvalue weighted by Gasteiger charge is 2.18. The van der Waals surface area contributed by atoms with Crippen molar-refractivity contribution in [2.24, 2.45) is 0 Å².